The van der Waals surface area contributed by atoms with Crippen molar-refractivity contribution in [3.63, 3.8) is 0 Å². The van der Waals surface area contributed by atoms with Crippen LogP contribution in [-0.2, 0) is 4.79 Å². The summed E-state index contributed by atoms with van der Waals surface area (Å²) in [6.07, 6.45) is 5.52. The molecule has 2 aliphatic carbocycles. The Hall–Kier alpha value is 0.170. The summed E-state index contributed by atoms with van der Waals surface area (Å²) in [6.45, 7) is 0. The highest BCUT2D eigenvalue weighted by Crippen LogP contribution is 2.63. The molecule has 2 nitrogen and oxygen atoms in total. The van der Waals surface area contributed by atoms with Crippen LogP contribution in [0.1, 0.15) is 32.1 Å². The molecule has 0 amide bonds. The molecular formula is C12H17O2S2-. The van der Waals surface area contributed by atoms with Crippen LogP contribution in [0.4, 0.5) is 0 Å². The summed E-state index contributed by atoms with van der Waals surface area (Å²) in [6, 6.07) is 0. The Balaban J connectivity index is 1.85. The predicted octanol–water partition coefficient (Wildman–Crippen LogP) is 1.74. The van der Waals surface area contributed by atoms with Crippen molar-refractivity contribution in [3.8, 4) is 0 Å². The minimum absolute atomic E-state index is 0.164. The standard InChI is InChI=1S/C12H18O2S2/c13-11(14)8-6-9-2-1-3-10(7-8)12(9)15-4-5-16-12/h8-10H,1-7H2,(H,13,14)/p-1/t8?,9-,10+. The highest BCUT2D eigenvalue weighted by Gasteiger charge is 2.54. The van der Waals surface area contributed by atoms with E-state index in [1.165, 1.54) is 30.8 Å². The van der Waals surface area contributed by atoms with Gasteiger partial charge in [0.2, 0.25) is 0 Å². The first kappa shape index (κ1) is 11.3. The van der Waals surface area contributed by atoms with Crippen molar-refractivity contribution in [2.45, 2.75) is 36.2 Å². The number of carboxylic acids is 1. The summed E-state index contributed by atoms with van der Waals surface area (Å²) >= 11 is 4.24. The number of rotatable bonds is 1. The lowest BCUT2D eigenvalue weighted by molar-refractivity contribution is -0.313. The van der Waals surface area contributed by atoms with Crippen LogP contribution < -0.4 is 5.11 Å². The average Bonchev–Trinajstić information content (AvgIpc) is 2.66. The van der Waals surface area contributed by atoms with Gasteiger partial charge >= 0.3 is 0 Å². The van der Waals surface area contributed by atoms with Gasteiger partial charge < -0.3 is 9.90 Å². The number of carboxylic acid groups (broad SMARTS) is 1. The molecule has 0 radical (unpaired) electrons. The Morgan fingerprint density at radius 2 is 1.69 bits per heavy atom. The summed E-state index contributed by atoms with van der Waals surface area (Å²) in [5, 5.41) is 11.1. The monoisotopic (exact) mass is 257 g/mol. The topological polar surface area (TPSA) is 40.1 Å². The SMILES string of the molecule is O=C([O-])C1C[C@H]2CCC[C@@H](C1)C21SCCS1. The lowest BCUT2D eigenvalue weighted by Gasteiger charge is -2.52. The van der Waals surface area contributed by atoms with Crippen molar-refractivity contribution in [1.29, 1.82) is 0 Å². The maximum absolute atomic E-state index is 11.1. The molecule has 1 heterocycles. The highest BCUT2D eigenvalue weighted by molar-refractivity contribution is 8.21. The molecule has 0 aromatic heterocycles. The average molecular weight is 257 g/mol. The van der Waals surface area contributed by atoms with Crippen molar-refractivity contribution >= 4 is 29.5 Å². The number of thioether (sulfide) groups is 2. The number of aliphatic carboxylic acids is 1. The molecule has 3 rings (SSSR count). The quantitative estimate of drug-likeness (QED) is 0.717. The molecule has 3 fully saturated rings. The predicted molar refractivity (Wildman–Crippen MR) is 66.2 cm³/mol. The minimum Gasteiger partial charge on any atom is -0.550 e. The summed E-state index contributed by atoms with van der Waals surface area (Å²) < 4.78 is 0.393. The van der Waals surface area contributed by atoms with Crippen LogP contribution in [0.2, 0.25) is 0 Å². The highest BCUT2D eigenvalue weighted by atomic mass is 32.2. The first-order valence-electron chi connectivity index (χ1n) is 6.21. The minimum atomic E-state index is -0.806. The molecule has 1 spiro atoms. The third-order valence-electron chi connectivity index (χ3n) is 4.45. The number of carbonyl (C=O) groups is 1. The molecule has 16 heavy (non-hydrogen) atoms. The maximum Gasteiger partial charge on any atom is 0.0668 e. The van der Waals surface area contributed by atoms with Gasteiger partial charge in [0.15, 0.2) is 0 Å². The van der Waals surface area contributed by atoms with Crippen LogP contribution in [0.3, 0.4) is 0 Å². The fourth-order valence-electron chi connectivity index (χ4n) is 3.80. The Labute approximate surface area is 105 Å². The van der Waals surface area contributed by atoms with Gasteiger partial charge in [-0.15, -0.1) is 23.5 Å². The summed E-state index contributed by atoms with van der Waals surface area (Å²) in [5.41, 5.74) is 0. The number of hydrogen-bond donors (Lipinski definition) is 0. The second-order valence-electron chi connectivity index (χ2n) is 5.23. The molecule has 2 saturated carbocycles. The van der Waals surface area contributed by atoms with E-state index in [-0.39, 0.29) is 5.92 Å². The van der Waals surface area contributed by atoms with Gasteiger partial charge in [-0.05, 0) is 43.4 Å². The first-order chi connectivity index (χ1) is 7.72. The van der Waals surface area contributed by atoms with Gasteiger partial charge in [0, 0.05) is 17.5 Å². The second-order valence-corrected chi connectivity index (χ2v) is 8.23. The van der Waals surface area contributed by atoms with Gasteiger partial charge in [-0.3, -0.25) is 0 Å². The second kappa shape index (κ2) is 4.13. The van der Waals surface area contributed by atoms with Gasteiger partial charge in [-0.1, -0.05) is 6.42 Å². The molecule has 1 saturated heterocycles. The van der Waals surface area contributed by atoms with E-state index in [1.54, 1.807) is 0 Å². The van der Waals surface area contributed by atoms with E-state index < -0.39 is 5.97 Å². The van der Waals surface area contributed by atoms with Crippen LogP contribution in [0.25, 0.3) is 0 Å². The van der Waals surface area contributed by atoms with Gasteiger partial charge in [0.25, 0.3) is 0 Å². The number of hydrogen-bond acceptors (Lipinski definition) is 4. The van der Waals surface area contributed by atoms with Gasteiger partial charge in [0.1, 0.15) is 0 Å². The molecule has 4 heteroatoms. The van der Waals surface area contributed by atoms with E-state index in [0.717, 1.165) is 12.8 Å². The third-order valence-corrected chi connectivity index (χ3v) is 8.47. The molecule has 1 unspecified atom stereocenters. The van der Waals surface area contributed by atoms with Crippen LogP contribution >= 0.6 is 23.5 Å². The van der Waals surface area contributed by atoms with E-state index in [4.69, 9.17) is 0 Å². The molecule has 0 aromatic rings. The Kier molecular flexibility index (Phi) is 2.91. The van der Waals surface area contributed by atoms with E-state index in [1.807, 2.05) is 0 Å². The Morgan fingerprint density at radius 3 is 2.19 bits per heavy atom. The summed E-state index contributed by atoms with van der Waals surface area (Å²) in [4.78, 5) is 11.1. The first-order valence-corrected chi connectivity index (χ1v) is 8.18. The van der Waals surface area contributed by atoms with Gasteiger partial charge in [-0.2, -0.15) is 0 Å². The number of carbonyl (C=O) groups excluding carboxylic acids is 1. The zero-order chi connectivity index (χ0) is 11.2. The Bertz CT molecular complexity index is 283. The largest absolute Gasteiger partial charge is 0.550 e. The molecule has 2 bridgehead atoms. The molecule has 1 aliphatic heterocycles. The lowest BCUT2D eigenvalue weighted by atomic mass is 9.67. The fourth-order valence-corrected chi connectivity index (χ4v) is 7.74. The van der Waals surface area contributed by atoms with E-state index in [0.29, 0.717) is 15.9 Å². The van der Waals surface area contributed by atoms with Gasteiger partial charge in [-0.25, -0.2) is 0 Å². The summed E-state index contributed by atoms with van der Waals surface area (Å²) in [5.74, 6) is 2.80. The zero-order valence-corrected chi connectivity index (χ0v) is 10.9. The molecule has 3 atom stereocenters. The zero-order valence-electron chi connectivity index (χ0n) is 9.31. The van der Waals surface area contributed by atoms with E-state index >= 15 is 0 Å². The maximum atomic E-state index is 11.1. The Morgan fingerprint density at radius 1 is 1.12 bits per heavy atom. The van der Waals surface area contributed by atoms with Crippen LogP contribution in [-0.4, -0.2) is 21.6 Å². The molecular weight excluding hydrogens is 240 g/mol. The van der Waals surface area contributed by atoms with Crippen LogP contribution in [0.15, 0.2) is 0 Å². The van der Waals surface area contributed by atoms with E-state index in [9.17, 15) is 9.90 Å². The van der Waals surface area contributed by atoms with Crippen molar-refractivity contribution in [2.24, 2.45) is 17.8 Å². The van der Waals surface area contributed by atoms with Crippen molar-refractivity contribution in [2.75, 3.05) is 11.5 Å². The lowest BCUT2D eigenvalue weighted by Crippen LogP contribution is -2.50. The molecule has 0 N–H and O–H groups in total. The van der Waals surface area contributed by atoms with Crippen molar-refractivity contribution in [1.82, 2.24) is 0 Å². The fraction of sp³-hybridized carbons (Fsp3) is 0.917. The smallest absolute Gasteiger partial charge is 0.0668 e. The van der Waals surface area contributed by atoms with Crippen molar-refractivity contribution < 1.29 is 9.90 Å². The molecule has 90 valence electrons. The van der Waals surface area contributed by atoms with Crippen LogP contribution in [0.5, 0.6) is 0 Å². The van der Waals surface area contributed by atoms with Crippen LogP contribution in [0, 0.1) is 17.8 Å². The summed E-state index contributed by atoms with van der Waals surface area (Å²) in [7, 11) is 0. The van der Waals surface area contributed by atoms with Crippen molar-refractivity contribution in [3.05, 3.63) is 0 Å². The molecule has 0 aromatic carbocycles. The van der Waals surface area contributed by atoms with Gasteiger partial charge in [0.05, 0.1) is 4.08 Å². The van der Waals surface area contributed by atoms with E-state index in [2.05, 4.69) is 23.5 Å². The molecule has 3 aliphatic rings. The normalized spacial score (nSPS) is 41.1. The third kappa shape index (κ3) is 1.60.